The molecule has 0 spiro atoms. The van der Waals surface area contributed by atoms with Crippen molar-refractivity contribution in [2.24, 2.45) is 0 Å². The highest BCUT2D eigenvalue weighted by atomic mass is 16.5. The number of hydrogen-bond acceptors (Lipinski definition) is 3. The Morgan fingerprint density at radius 2 is 1.10 bits per heavy atom. The van der Waals surface area contributed by atoms with Gasteiger partial charge in [-0.2, -0.15) is 0 Å². The summed E-state index contributed by atoms with van der Waals surface area (Å²) >= 11 is 0. The van der Waals surface area contributed by atoms with Crippen molar-refractivity contribution in [3.63, 3.8) is 0 Å². The van der Waals surface area contributed by atoms with Crippen LogP contribution in [0.2, 0.25) is 0 Å². The molecule has 39 heavy (non-hydrogen) atoms. The van der Waals surface area contributed by atoms with Gasteiger partial charge in [-0.05, 0) is 52.1 Å². The van der Waals surface area contributed by atoms with E-state index in [1.54, 1.807) is 0 Å². The van der Waals surface area contributed by atoms with Gasteiger partial charge < -0.3 is 4.74 Å². The van der Waals surface area contributed by atoms with E-state index in [0.717, 1.165) is 50.5 Å². The van der Waals surface area contributed by atoms with Crippen LogP contribution in [0.4, 0.5) is 0 Å². The molecule has 0 fully saturated rings. The van der Waals surface area contributed by atoms with E-state index >= 15 is 0 Å². The van der Waals surface area contributed by atoms with Gasteiger partial charge in [-0.15, -0.1) is 0 Å². The highest BCUT2D eigenvalue weighted by Crippen LogP contribution is 2.47. The summed E-state index contributed by atoms with van der Waals surface area (Å²) in [7, 11) is 0. The van der Waals surface area contributed by atoms with E-state index in [0.29, 0.717) is 5.82 Å². The van der Waals surface area contributed by atoms with Crippen LogP contribution < -0.4 is 4.74 Å². The van der Waals surface area contributed by atoms with Crippen LogP contribution >= 0.6 is 0 Å². The zero-order chi connectivity index (χ0) is 25.8. The van der Waals surface area contributed by atoms with Gasteiger partial charge in [0.2, 0.25) is 0 Å². The van der Waals surface area contributed by atoms with Crippen LogP contribution in [0.25, 0.3) is 66.6 Å². The summed E-state index contributed by atoms with van der Waals surface area (Å²) in [5.74, 6) is 2.42. The maximum Gasteiger partial charge on any atom is 0.160 e. The van der Waals surface area contributed by atoms with E-state index in [1.807, 2.05) is 30.3 Å². The second-order valence-corrected chi connectivity index (χ2v) is 9.86. The Kier molecular flexibility index (Phi) is 4.82. The molecule has 1 aromatic heterocycles. The lowest BCUT2D eigenvalue weighted by Gasteiger charge is -2.22. The van der Waals surface area contributed by atoms with E-state index in [1.165, 1.54) is 21.7 Å². The molecule has 0 saturated carbocycles. The summed E-state index contributed by atoms with van der Waals surface area (Å²) in [6, 6.07) is 46.1. The highest BCUT2D eigenvalue weighted by molar-refractivity contribution is 6.04. The largest absolute Gasteiger partial charge is 0.456 e. The molecule has 3 nitrogen and oxygen atoms in total. The molecule has 1 aliphatic rings. The van der Waals surface area contributed by atoms with Gasteiger partial charge in [0, 0.05) is 27.6 Å². The van der Waals surface area contributed by atoms with Crippen molar-refractivity contribution < 1.29 is 4.74 Å². The fourth-order valence-electron chi connectivity index (χ4n) is 5.53. The minimum Gasteiger partial charge on any atom is -0.456 e. The van der Waals surface area contributed by atoms with Gasteiger partial charge in [-0.3, -0.25) is 0 Å². The van der Waals surface area contributed by atoms with Crippen molar-refractivity contribution in [3.8, 4) is 56.5 Å². The third-order valence-corrected chi connectivity index (χ3v) is 7.46. The first kappa shape index (κ1) is 21.8. The fraction of sp³-hybridized carbons (Fsp3) is 0. The van der Waals surface area contributed by atoms with E-state index in [-0.39, 0.29) is 0 Å². The molecule has 0 radical (unpaired) electrons. The predicted octanol–water partition coefficient (Wildman–Crippen LogP) is 9.56. The van der Waals surface area contributed by atoms with Crippen LogP contribution in [-0.2, 0) is 0 Å². The molecule has 0 saturated heterocycles. The van der Waals surface area contributed by atoms with Crippen molar-refractivity contribution in [1.29, 1.82) is 0 Å². The Balaban J connectivity index is 1.30. The summed E-state index contributed by atoms with van der Waals surface area (Å²) in [6.45, 7) is 0. The van der Waals surface area contributed by atoms with Gasteiger partial charge in [0.05, 0.1) is 11.4 Å². The molecule has 1 aliphatic heterocycles. The first-order valence-electron chi connectivity index (χ1n) is 13.1. The minimum absolute atomic E-state index is 0.699. The molecule has 0 aliphatic carbocycles. The Hall–Kier alpha value is -5.28. The summed E-state index contributed by atoms with van der Waals surface area (Å²) in [4.78, 5) is 10.0. The van der Waals surface area contributed by atoms with Gasteiger partial charge >= 0.3 is 0 Å². The summed E-state index contributed by atoms with van der Waals surface area (Å²) in [6.07, 6.45) is 0. The molecular formula is C36H22N2O. The normalized spacial score (nSPS) is 11.8. The van der Waals surface area contributed by atoms with E-state index in [2.05, 4.69) is 103 Å². The first-order chi connectivity index (χ1) is 19.3. The molecule has 8 rings (SSSR count). The maximum absolute atomic E-state index is 6.45. The Morgan fingerprint density at radius 1 is 0.410 bits per heavy atom. The topological polar surface area (TPSA) is 35.0 Å². The fourth-order valence-corrected chi connectivity index (χ4v) is 5.53. The standard InChI is InChI=1S/C36H22N2O/c1-2-9-25(10-3-1)36-37-31(27-17-16-23-8-4-5-11-26(23)20-27)22-32(38-36)28-18-19-29-30-14-6-12-24-13-7-15-33(35(24)30)39-34(29)21-28/h1-22H. The summed E-state index contributed by atoms with van der Waals surface area (Å²) in [5, 5.41) is 4.74. The van der Waals surface area contributed by atoms with Crippen molar-refractivity contribution in [2.75, 3.05) is 0 Å². The van der Waals surface area contributed by atoms with E-state index in [9.17, 15) is 0 Å². The lowest BCUT2D eigenvalue weighted by atomic mass is 9.93. The molecule has 6 aromatic carbocycles. The third-order valence-electron chi connectivity index (χ3n) is 7.46. The average Bonchev–Trinajstić information content (AvgIpc) is 3.01. The summed E-state index contributed by atoms with van der Waals surface area (Å²) in [5.41, 5.74) is 7.06. The Labute approximate surface area is 226 Å². The van der Waals surface area contributed by atoms with Crippen LogP contribution in [-0.4, -0.2) is 9.97 Å². The van der Waals surface area contributed by atoms with Gasteiger partial charge in [0.1, 0.15) is 11.5 Å². The smallest absolute Gasteiger partial charge is 0.160 e. The number of benzene rings is 6. The number of hydrogen-bond donors (Lipinski definition) is 0. The third kappa shape index (κ3) is 3.67. The quantitative estimate of drug-likeness (QED) is 0.243. The van der Waals surface area contributed by atoms with Crippen LogP contribution in [0.15, 0.2) is 133 Å². The number of ether oxygens (including phenoxy) is 1. The van der Waals surface area contributed by atoms with Gasteiger partial charge in [0.25, 0.3) is 0 Å². The van der Waals surface area contributed by atoms with Crippen LogP contribution in [0, 0.1) is 0 Å². The van der Waals surface area contributed by atoms with Crippen molar-refractivity contribution >= 4 is 21.5 Å². The highest BCUT2D eigenvalue weighted by Gasteiger charge is 2.21. The number of rotatable bonds is 3. The second-order valence-electron chi connectivity index (χ2n) is 9.86. The Morgan fingerprint density at radius 3 is 1.95 bits per heavy atom. The van der Waals surface area contributed by atoms with Gasteiger partial charge in [0.15, 0.2) is 5.82 Å². The van der Waals surface area contributed by atoms with Gasteiger partial charge in [-0.25, -0.2) is 9.97 Å². The monoisotopic (exact) mass is 498 g/mol. The summed E-state index contributed by atoms with van der Waals surface area (Å²) < 4.78 is 6.45. The Bertz CT molecular complexity index is 2040. The van der Waals surface area contributed by atoms with Crippen molar-refractivity contribution in [2.45, 2.75) is 0 Å². The molecule has 0 unspecified atom stereocenters. The molecule has 3 heteroatoms. The van der Waals surface area contributed by atoms with Crippen LogP contribution in [0.1, 0.15) is 0 Å². The molecule has 0 bridgehead atoms. The van der Waals surface area contributed by atoms with Gasteiger partial charge in [-0.1, -0.05) is 103 Å². The van der Waals surface area contributed by atoms with Crippen molar-refractivity contribution in [3.05, 3.63) is 133 Å². The molecule has 2 heterocycles. The second kappa shape index (κ2) is 8.64. The molecule has 0 N–H and O–H groups in total. The first-order valence-corrected chi connectivity index (χ1v) is 13.1. The predicted molar refractivity (Wildman–Crippen MR) is 159 cm³/mol. The zero-order valence-electron chi connectivity index (χ0n) is 21.0. The van der Waals surface area contributed by atoms with E-state index in [4.69, 9.17) is 14.7 Å². The van der Waals surface area contributed by atoms with Crippen molar-refractivity contribution in [1.82, 2.24) is 9.97 Å². The van der Waals surface area contributed by atoms with Crippen LogP contribution in [0.3, 0.4) is 0 Å². The SMILES string of the molecule is c1ccc(-c2nc(-c3ccc4c(c3)Oc3cccc5cccc-4c35)cc(-c3ccc4ccccc4c3)n2)cc1. The lowest BCUT2D eigenvalue weighted by Crippen LogP contribution is -1.99. The molecule has 7 aromatic rings. The average molecular weight is 499 g/mol. The minimum atomic E-state index is 0.699. The molecule has 0 atom stereocenters. The maximum atomic E-state index is 6.45. The van der Waals surface area contributed by atoms with E-state index < -0.39 is 0 Å². The number of aromatic nitrogens is 2. The van der Waals surface area contributed by atoms with Crippen LogP contribution in [0.5, 0.6) is 11.5 Å². The number of nitrogens with zero attached hydrogens (tertiary/aromatic N) is 2. The molecule has 0 amide bonds. The molecule has 182 valence electrons. The lowest BCUT2D eigenvalue weighted by molar-refractivity contribution is 0.487. The zero-order valence-corrected chi connectivity index (χ0v) is 21.0. The molecular weight excluding hydrogens is 476 g/mol. The number of fused-ring (bicyclic) bond motifs is 3.